The summed E-state index contributed by atoms with van der Waals surface area (Å²) < 4.78 is 0. The Kier molecular flexibility index (Phi) is 4.09. The molecule has 3 heteroatoms. The molecule has 1 rings (SSSR count). The van der Waals surface area contributed by atoms with Crippen LogP contribution in [0.4, 0.5) is 0 Å². The highest BCUT2D eigenvalue weighted by atomic mass is 16.3. The fourth-order valence-corrected chi connectivity index (χ4v) is 1.49. The molecule has 1 unspecified atom stereocenters. The number of nitrogens with one attached hydrogen (secondary N) is 1. The average Bonchev–Trinajstić information content (AvgIpc) is 2.14. The number of hydrogen-bond donors (Lipinski definition) is 2. The molecular weight excluding hydrogens is 190 g/mol. The third kappa shape index (κ3) is 3.51. The van der Waals surface area contributed by atoms with Gasteiger partial charge in [0.05, 0.1) is 6.10 Å². The lowest BCUT2D eigenvalue weighted by Crippen LogP contribution is -2.17. The molecule has 84 valence electrons. The molecule has 0 saturated carbocycles. The van der Waals surface area contributed by atoms with Gasteiger partial charge in [-0.05, 0) is 37.8 Å². The van der Waals surface area contributed by atoms with Gasteiger partial charge in [-0.25, -0.2) is 0 Å². The Morgan fingerprint density at radius 1 is 1.33 bits per heavy atom. The first kappa shape index (κ1) is 12.0. The van der Waals surface area contributed by atoms with Crippen molar-refractivity contribution in [2.75, 3.05) is 0 Å². The van der Waals surface area contributed by atoms with E-state index in [2.05, 4.69) is 18.8 Å². The first-order valence-electron chi connectivity index (χ1n) is 5.38. The van der Waals surface area contributed by atoms with Crippen LogP contribution in [0.25, 0.3) is 0 Å². The zero-order valence-electron chi connectivity index (χ0n) is 9.58. The van der Waals surface area contributed by atoms with Gasteiger partial charge in [0.25, 0.3) is 5.56 Å². The van der Waals surface area contributed by atoms with E-state index in [0.29, 0.717) is 17.9 Å². The summed E-state index contributed by atoms with van der Waals surface area (Å²) in [5, 5.41) is 9.82. The van der Waals surface area contributed by atoms with Crippen molar-refractivity contribution in [1.82, 2.24) is 4.98 Å². The molecule has 3 nitrogen and oxygen atoms in total. The Morgan fingerprint density at radius 3 is 2.53 bits per heavy atom. The van der Waals surface area contributed by atoms with Gasteiger partial charge in [-0.15, -0.1) is 0 Å². The number of rotatable bonds is 4. The maximum atomic E-state index is 11.5. The first-order chi connectivity index (χ1) is 7.00. The van der Waals surface area contributed by atoms with Gasteiger partial charge < -0.3 is 10.1 Å². The minimum Gasteiger partial charge on any atom is -0.388 e. The molecule has 0 spiro atoms. The van der Waals surface area contributed by atoms with Crippen LogP contribution in [0.2, 0.25) is 0 Å². The number of aryl methyl sites for hydroxylation is 1. The summed E-state index contributed by atoms with van der Waals surface area (Å²) in [5.74, 6) is 0.546. The Labute approximate surface area is 90.2 Å². The van der Waals surface area contributed by atoms with Gasteiger partial charge in [-0.3, -0.25) is 4.79 Å². The highest BCUT2D eigenvalue weighted by Gasteiger charge is 2.11. The molecule has 1 atom stereocenters. The molecule has 0 fully saturated rings. The van der Waals surface area contributed by atoms with E-state index < -0.39 is 6.10 Å². The molecular formula is C12H19NO2. The van der Waals surface area contributed by atoms with E-state index >= 15 is 0 Å². The molecule has 2 N–H and O–H groups in total. The largest absolute Gasteiger partial charge is 0.388 e. The number of aromatic amines is 1. The van der Waals surface area contributed by atoms with Gasteiger partial charge in [0.15, 0.2) is 0 Å². The van der Waals surface area contributed by atoms with E-state index in [1.54, 1.807) is 6.07 Å². The average molecular weight is 209 g/mol. The number of aromatic nitrogens is 1. The van der Waals surface area contributed by atoms with Crippen molar-refractivity contribution >= 4 is 0 Å². The monoisotopic (exact) mass is 209 g/mol. The van der Waals surface area contributed by atoms with Crippen molar-refractivity contribution in [2.45, 2.75) is 39.7 Å². The van der Waals surface area contributed by atoms with Gasteiger partial charge in [0, 0.05) is 11.3 Å². The second kappa shape index (κ2) is 5.12. The van der Waals surface area contributed by atoms with Crippen LogP contribution in [0.15, 0.2) is 16.9 Å². The Bertz CT molecular complexity index is 368. The van der Waals surface area contributed by atoms with E-state index in [0.717, 1.165) is 12.1 Å². The topological polar surface area (TPSA) is 53.1 Å². The van der Waals surface area contributed by atoms with Gasteiger partial charge in [-0.2, -0.15) is 0 Å². The van der Waals surface area contributed by atoms with Gasteiger partial charge in [0.2, 0.25) is 0 Å². The lowest BCUT2D eigenvalue weighted by molar-refractivity contribution is 0.157. The third-order valence-corrected chi connectivity index (χ3v) is 2.46. The molecule has 1 heterocycles. The number of H-pyrrole nitrogens is 1. The highest BCUT2D eigenvalue weighted by molar-refractivity contribution is 5.15. The summed E-state index contributed by atoms with van der Waals surface area (Å²) in [7, 11) is 0. The zero-order valence-corrected chi connectivity index (χ0v) is 9.58. The summed E-state index contributed by atoms with van der Waals surface area (Å²) in [6.07, 6.45) is 0.926. The van der Waals surface area contributed by atoms with Crippen molar-refractivity contribution < 1.29 is 5.11 Å². The van der Waals surface area contributed by atoms with Crippen molar-refractivity contribution in [1.29, 1.82) is 0 Å². The Balaban J connectivity index is 2.74. The number of aliphatic hydroxyl groups excluding tert-OH is 1. The lowest BCUT2D eigenvalue weighted by atomic mass is 10.0. The molecule has 0 amide bonds. The fourth-order valence-electron chi connectivity index (χ4n) is 1.49. The number of aliphatic hydroxyl groups is 1. The van der Waals surface area contributed by atoms with Gasteiger partial charge in [0.1, 0.15) is 0 Å². The fraction of sp³-hybridized carbons (Fsp3) is 0.583. The predicted octanol–water partition coefficient (Wildman–Crippen LogP) is 2.15. The second-order valence-electron chi connectivity index (χ2n) is 4.41. The molecule has 0 saturated heterocycles. The van der Waals surface area contributed by atoms with Crippen molar-refractivity contribution in [3.63, 3.8) is 0 Å². The van der Waals surface area contributed by atoms with E-state index in [1.807, 2.05) is 13.0 Å². The maximum absolute atomic E-state index is 11.5. The smallest absolute Gasteiger partial charge is 0.253 e. The summed E-state index contributed by atoms with van der Waals surface area (Å²) in [5.41, 5.74) is 1.12. The molecule has 15 heavy (non-hydrogen) atoms. The Morgan fingerprint density at radius 2 is 2.00 bits per heavy atom. The number of hydrogen-bond acceptors (Lipinski definition) is 2. The summed E-state index contributed by atoms with van der Waals surface area (Å²) in [6, 6.07) is 3.52. The van der Waals surface area contributed by atoms with Crippen LogP contribution in [0.3, 0.4) is 0 Å². The molecule has 1 aromatic rings. The zero-order chi connectivity index (χ0) is 11.4. The predicted molar refractivity (Wildman–Crippen MR) is 60.8 cm³/mol. The normalized spacial score (nSPS) is 13.1. The minimum atomic E-state index is -0.642. The molecule has 0 aromatic carbocycles. The van der Waals surface area contributed by atoms with E-state index in [9.17, 15) is 9.90 Å². The highest BCUT2D eigenvalue weighted by Crippen LogP contribution is 2.17. The van der Waals surface area contributed by atoms with Crippen LogP contribution in [0, 0.1) is 12.8 Å². The van der Waals surface area contributed by atoms with Crippen LogP contribution in [-0.2, 0) is 0 Å². The van der Waals surface area contributed by atoms with Crippen molar-refractivity contribution in [3.8, 4) is 0 Å². The van der Waals surface area contributed by atoms with Crippen molar-refractivity contribution in [2.24, 2.45) is 5.92 Å². The lowest BCUT2D eigenvalue weighted by Gasteiger charge is -2.11. The molecule has 0 radical (unpaired) electrons. The van der Waals surface area contributed by atoms with Gasteiger partial charge >= 0.3 is 0 Å². The molecule has 0 aliphatic carbocycles. The summed E-state index contributed by atoms with van der Waals surface area (Å²) in [6.45, 7) is 6.03. The Hall–Kier alpha value is -1.09. The standard InChI is InChI=1S/C12H19NO2/c1-8(2)4-7-11(14)10-6-5-9(3)13-12(10)15/h5-6,8,11,14H,4,7H2,1-3H3,(H,13,15). The number of pyridine rings is 1. The SMILES string of the molecule is Cc1ccc(C(O)CCC(C)C)c(=O)[nH]1. The van der Waals surface area contributed by atoms with E-state index in [-0.39, 0.29) is 5.56 Å². The minimum absolute atomic E-state index is 0.175. The quantitative estimate of drug-likeness (QED) is 0.798. The van der Waals surface area contributed by atoms with Crippen LogP contribution >= 0.6 is 0 Å². The first-order valence-corrected chi connectivity index (χ1v) is 5.38. The summed E-state index contributed by atoms with van der Waals surface area (Å²) >= 11 is 0. The maximum Gasteiger partial charge on any atom is 0.253 e. The van der Waals surface area contributed by atoms with E-state index in [4.69, 9.17) is 0 Å². The van der Waals surface area contributed by atoms with Crippen LogP contribution in [0.1, 0.15) is 44.1 Å². The molecule has 0 aliphatic heterocycles. The summed E-state index contributed by atoms with van der Waals surface area (Å²) in [4.78, 5) is 14.2. The second-order valence-corrected chi connectivity index (χ2v) is 4.41. The van der Waals surface area contributed by atoms with Crippen LogP contribution < -0.4 is 5.56 Å². The van der Waals surface area contributed by atoms with Crippen LogP contribution in [-0.4, -0.2) is 10.1 Å². The molecule has 1 aromatic heterocycles. The van der Waals surface area contributed by atoms with Crippen LogP contribution in [0.5, 0.6) is 0 Å². The van der Waals surface area contributed by atoms with Crippen molar-refractivity contribution in [3.05, 3.63) is 33.7 Å². The van der Waals surface area contributed by atoms with Gasteiger partial charge in [-0.1, -0.05) is 13.8 Å². The third-order valence-electron chi connectivity index (χ3n) is 2.46. The van der Waals surface area contributed by atoms with E-state index in [1.165, 1.54) is 0 Å². The molecule has 0 bridgehead atoms. The molecule has 0 aliphatic rings.